The van der Waals surface area contributed by atoms with Crippen molar-refractivity contribution in [3.63, 3.8) is 0 Å². The molecule has 28 heavy (non-hydrogen) atoms. The van der Waals surface area contributed by atoms with Gasteiger partial charge in [0.1, 0.15) is 5.60 Å². The molecule has 0 aliphatic heterocycles. The Morgan fingerprint density at radius 3 is 2.89 bits per heavy atom. The number of hydrogen-bond donors (Lipinski definition) is 1. The van der Waals surface area contributed by atoms with Crippen LogP contribution in [-0.2, 0) is 24.1 Å². The smallest absolute Gasteiger partial charge is 0.407 e. The van der Waals surface area contributed by atoms with Crippen molar-refractivity contribution in [1.82, 2.24) is 14.3 Å². The van der Waals surface area contributed by atoms with Gasteiger partial charge in [-0.25, -0.2) is 4.79 Å². The number of nitrogens with zero attached hydrogens (tertiary/aromatic N) is 3. The van der Waals surface area contributed by atoms with Gasteiger partial charge < -0.3 is 14.6 Å². The van der Waals surface area contributed by atoms with Crippen molar-refractivity contribution >= 4 is 28.5 Å². The van der Waals surface area contributed by atoms with Crippen molar-refractivity contribution in [2.45, 2.75) is 51.8 Å². The highest BCUT2D eigenvalue weighted by Gasteiger charge is 2.30. The second-order valence-electron chi connectivity index (χ2n) is 8.10. The molecule has 0 saturated carbocycles. The Balaban J connectivity index is 1.66. The third kappa shape index (κ3) is 3.60. The molecule has 1 N–H and O–H groups in total. The summed E-state index contributed by atoms with van der Waals surface area (Å²) in [7, 11) is 0. The summed E-state index contributed by atoms with van der Waals surface area (Å²) in [6.07, 6.45) is 1.06. The lowest BCUT2D eigenvalue weighted by molar-refractivity contribution is 0.0506. The standard InChI is InChI=1S/C21H22N4O2S/c1-21(2,3)27-20(26)23-15-9-17-16-8-13(11-22)4-5-18(16)25(19(17)10-15)12-14-6-7-28-24-14/h4-8,15H,9-10,12H2,1-3H3,(H,23,26)/t15-/m1/s1. The van der Waals surface area contributed by atoms with Gasteiger partial charge in [-0.05, 0) is 68.6 Å². The van der Waals surface area contributed by atoms with Crippen LogP contribution in [0.5, 0.6) is 0 Å². The topological polar surface area (TPSA) is 79.9 Å². The Morgan fingerprint density at radius 2 is 2.21 bits per heavy atom. The van der Waals surface area contributed by atoms with Gasteiger partial charge in [0.25, 0.3) is 0 Å². The van der Waals surface area contributed by atoms with Gasteiger partial charge in [-0.15, -0.1) is 0 Å². The van der Waals surface area contributed by atoms with Gasteiger partial charge in [0.15, 0.2) is 0 Å². The summed E-state index contributed by atoms with van der Waals surface area (Å²) in [5.41, 5.74) is 4.63. The molecule has 0 bridgehead atoms. The van der Waals surface area contributed by atoms with Crippen LogP contribution in [0.3, 0.4) is 0 Å². The highest BCUT2D eigenvalue weighted by molar-refractivity contribution is 7.03. The zero-order chi connectivity index (χ0) is 19.9. The van der Waals surface area contributed by atoms with Crippen LogP contribution in [0.1, 0.15) is 43.3 Å². The van der Waals surface area contributed by atoms with Crippen LogP contribution in [-0.4, -0.2) is 26.7 Å². The number of fused-ring (bicyclic) bond motifs is 3. The zero-order valence-corrected chi connectivity index (χ0v) is 17.0. The monoisotopic (exact) mass is 394 g/mol. The van der Waals surface area contributed by atoms with Gasteiger partial charge in [-0.2, -0.15) is 9.64 Å². The lowest BCUT2D eigenvalue weighted by Crippen LogP contribution is -2.39. The van der Waals surface area contributed by atoms with E-state index in [9.17, 15) is 10.1 Å². The minimum atomic E-state index is -0.524. The summed E-state index contributed by atoms with van der Waals surface area (Å²) in [5, 5.41) is 15.4. The highest BCUT2D eigenvalue weighted by atomic mass is 32.1. The number of benzene rings is 1. The fourth-order valence-electron chi connectivity index (χ4n) is 3.80. The van der Waals surface area contributed by atoms with Crippen LogP contribution < -0.4 is 5.32 Å². The number of hydrogen-bond acceptors (Lipinski definition) is 5. The SMILES string of the molecule is CC(C)(C)OC(=O)N[C@@H]1Cc2c(n(Cc3ccsn3)c3ccc(C#N)cc23)C1. The number of carbonyl (C=O) groups excluding carboxylic acids is 1. The molecule has 4 rings (SSSR count). The molecular formula is C21H22N4O2S. The molecule has 1 aromatic carbocycles. The summed E-state index contributed by atoms with van der Waals surface area (Å²) < 4.78 is 12.1. The molecule has 1 aliphatic rings. The number of carbonyl (C=O) groups is 1. The Hall–Kier alpha value is -2.85. The average molecular weight is 395 g/mol. The Labute approximate surface area is 167 Å². The van der Waals surface area contributed by atoms with Crippen molar-refractivity contribution in [2.24, 2.45) is 0 Å². The predicted octanol–water partition coefficient (Wildman–Crippen LogP) is 4.01. The summed E-state index contributed by atoms with van der Waals surface area (Å²) in [6.45, 7) is 6.25. The molecule has 144 valence electrons. The molecule has 1 atom stereocenters. The summed E-state index contributed by atoms with van der Waals surface area (Å²) in [4.78, 5) is 12.2. The normalized spacial score (nSPS) is 16.0. The van der Waals surface area contributed by atoms with Crippen molar-refractivity contribution in [2.75, 3.05) is 0 Å². The average Bonchev–Trinajstić information content (AvgIpc) is 3.31. The second kappa shape index (κ2) is 6.95. The zero-order valence-electron chi connectivity index (χ0n) is 16.2. The largest absolute Gasteiger partial charge is 0.444 e. The van der Waals surface area contributed by atoms with E-state index in [0.29, 0.717) is 12.1 Å². The first-order chi connectivity index (χ1) is 13.3. The van der Waals surface area contributed by atoms with Gasteiger partial charge in [0.2, 0.25) is 0 Å². The van der Waals surface area contributed by atoms with E-state index in [2.05, 4.69) is 20.3 Å². The molecule has 2 heterocycles. The number of amides is 1. The molecule has 1 aliphatic carbocycles. The second-order valence-corrected chi connectivity index (χ2v) is 8.76. The lowest BCUT2D eigenvalue weighted by Gasteiger charge is -2.22. The molecule has 1 amide bonds. The van der Waals surface area contributed by atoms with E-state index in [1.807, 2.05) is 50.4 Å². The molecule has 3 aromatic rings. The lowest BCUT2D eigenvalue weighted by atomic mass is 10.1. The van der Waals surface area contributed by atoms with Crippen LogP contribution in [0.15, 0.2) is 29.6 Å². The molecule has 2 aromatic heterocycles. The van der Waals surface area contributed by atoms with Crippen LogP contribution in [0.2, 0.25) is 0 Å². The Morgan fingerprint density at radius 1 is 1.39 bits per heavy atom. The van der Waals surface area contributed by atoms with Gasteiger partial charge in [0.05, 0.1) is 23.9 Å². The fourth-order valence-corrected chi connectivity index (χ4v) is 4.33. The molecule has 0 unspecified atom stereocenters. The molecule has 7 heteroatoms. The number of ether oxygens (including phenoxy) is 1. The van der Waals surface area contributed by atoms with Crippen molar-refractivity contribution in [1.29, 1.82) is 5.26 Å². The molecule has 0 spiro atoms. The van der Waals surface area contributed by atoms with Crippen molar-refractivity contribution in [3.05, 3.63) is 52.2 Å². The van der Waals surface area contributed by atoms with E-state index in [1.165, 1.54) is 22.8 Å². The number of alkyl carbamates (subject to hydrolysis) is 1. The molecule has 0 fully saturated rings. The maximum absolute atomic E-state index is 12.2. The Kier molecular flexibility index (Phi) is 4.60. The first kappa shape index (κ1) is 18.5. The van der Waals surface area contributed by atoms with Gasteiger partial charge in [-0.1, -0.05) is 0 Å². The fraction of sp³-hybridized carbons (Fsp3) is 0.381. The quantitative estimate of drug-likeness (QED) is 0.728. The number of nitrogens with one attached hydrogen (secondary N) is 1. The first-order valence-electron chi connectivity index (χ1n) is 9.27. The first-order valence-corrected chi connectivity index (χ1v) is 10.1. The number of nitriles is 1. The van der Waals surface area contributed by atoms with Crippen LogP contribution in [0.25, 0.3) is 10.9 Å². The molecular weight excluding hydrogens is 372 g/mol. The number of rotatable bonds is 3. The van der Waals surface area contributed by atoms with Crippen LogP contribution >= 0.6 is 11.5 Å². The molecule has 0 radical (unpaired) electrons. The van der Waals surface area contributed by atoms with E-state index in [0.717, 1.165) is 29.4 Å². The molecule has 6 nitrogen and oxygen atoms in total. The Bertz CT molecular complexity index is 1070. The predicted molar refractivity (Wildman–Crippen MR) is 108 cm³/mol. The van der Waals surface area contributed by atoms with E-state index < -0.39 is 11.7 Å². The maximum Gasteiger partial charge on any atom is 0.407 e. The minimum absolute atomic E-state index is 0.0170. The van der Waals surface area contributed by atoms with Crippen molar-refractivity contribution in [3.8, 4) is 6.07 Å². The maximum atomic E-state index is 12.2. The molecule has 0 saturated heterocycles. The van der Waals surface area contributed by atoms with Crippen LogP contribution in [0.4, 0.5) is 4.79 Å². The number of aromatic nitrogens is 2. The van der Waals surface area contributed by atoms with E-state index in [-0.39, 0.29) is 6.04 Å². The summed E-state index contributed by atoms with van der Waals surface area (Å²) >= 11 is 1.44. The van der Waals surface area contributed by atoms with Crippen LogP contribution in [0, 0.1) is 11.3 Å². The van der Waals surface area contributed by atoms with E-state index in [4.69, 9.17) is 4.74 Å². The van der Waals surface area contributed by atoms with Crippen molar-refractivity contribution < 1.29 is 9.53 Å². The van der Waals surface area contributed by atoms with E-state index >= 15 is 0 Å². The third-order valence-electron chi connectivity index (χ3n) is 4.84. The van der Waals surface area contributed by atoms with Gasteiger partial charge in [0, 0.05) is 34.4 Å². The summed E-state index contributed by atoms with van der Waals surface area (Å²) in [5.74, 6) is 0. The minimum Gasteiger partial charge on any atom is -0.444 e. The van der Waals surface area contributed by atoms with Gasteiger partial charge >= 0.3 is 6.09 Å². The van der Waals surface area contributed by atoms with E-state index in [1.54, 1.807) is 0 Å². The third-order valence-corrected chi connectivity index (χ3v) is 5.44. The van der Waals surface area contributed by atoms with Gasteiger partial charge in [-0.3, -0.25) is 0 Å². The summed E-state index contributed by atoms with van der Waals surface area (Å²) in [6, 6.07) is 10.0. The highest BCUT2D eigenvalue weighted by Crippen LogP contribution is 2.34.